The van der Waals surface area contributed by atoms with Crippen LogP contribution in [-0.4, -0.2) is 23.6 Å². The van der Waals surface area contributed by atoms with Crippen molar-refractivity contribution in [3.05, 3.63) is 35.6 Å². The van der Waals surface area contributed by atoms with Crippen LogP contribution in [0.3, 0.4) is 0 Å². The van der Waals surface area contributed by atoms with Gasteiger partial charge in [0.05, 0.1) is 0 Å². The highest BCUT2D eigenvalue weighted by molar-refractivity contribution is 7.99. The molecule has 1 aliphatic carbocycles. The molecule has 2 rings (SSSR count). The summed E-state index contributed by atoms with van der Waals surface area (Å²) in [6.07, 6.45) is 9.17. The summed E-state index contributed by atoms with van der Waals surface area (Å²) in [4.78, 5) is 0. The topological polar surface area (TPSA) is 12.0 Å². The minimum absolute atomic E-state index is 0.145. The summed E-state index contributed by atoms with van der Waals surface area (Å²) in [6.45, 7) is 3.27. The first kappa shape index (κ1) is 16.8. The van der Waals surface area contributed by atoms with E-state index in [2.05, 4.69) is 24.0 Å². The maximum Gasteiger partial charge on any atom is 0.123 e. The quantitative estimate of drug-likeness (QED) is 0.740. The summed E-state index contributed by atoms with van der Waals surface area (Å²) in [6, 6.07) is 7.48. The minimum Gasteiger partial charge on any atom is -0.313 e. The van der Waals surface area contributed by atoms with Crippen molar-refractivity contribution in [1.29, 1.82) is 0 Å². The molecule has 1 N–H and O–H groups in total. The van der Waals surface area contributed by atoms with Gasteiger partial charge in [0, 0.05) is 17.0 Å². The third kappa shape index (κ3) is 6.39. The van der Waals surface area contributed by atoms with Gasteiger partial charge < -0.3 is 5.32 Å². The van der Waals surface area contributed by atoms with Crippen LogP contribution in [-0.2, 0) is 6.42 Å². The normalized spacial score (nSPS) is 17.8. The number of thioether (sulfide) groups is 1. The molecule has 1 atom stereocenters. The molecule has 0 aliphatic heterocycles. The summed E-state index contributed by atoms with van der Waals surface area (Å²) >= 11 is 2.14. The van der Waals surface area contributed by atoms with E-state index < -0.39 is 0 Å². The first-order valence-electron chi connectivity index (χ1n) is 8.37. The first-order valence-corrected chi connectivity index (χ1v) is 9.42. The molecule has 0 heterocycles. The van der Waals surface area contributed by atoms with Crippen LogP contribution in [0, 0.1) is 5.82 Å². The van der Waals surface area contributed by atoms with Crippen LogP contribution in [0.15, 0.2) is 24.3 Å². The van der Waals surface area contributed by atoms with Crippen LogP contribution in [0.25, 0.3) is 0 Å². The first-order chi connectivity index (χ1) is 10.3. The van der Waals surface area contributed by atoms with Crippen molar-refractivity contribution in [3.63, 3.8) is 0 Å². The summed E-state index contributed by atoms with van der Waals surface area (Å²) in [7, 11) is 0. The van der Waals surface area contributed by atoms with Gasteiger partial charge in [0.2, 0.25) is 0 Å². The van der Waals surface area contributed by atoms with E-state index in [4.69, 9.17) is 0 Å². The molecule has 21 heavy (non-hydrogen) atoms. The molecule has 1 aromatic rings. The third-order valence-corrected chi connectivity index (χ3v) is 5.70. The van der Waals surface area contributed by atoms with Gasteiger partial charge >= 0.3 is 0 Å². The fraction of sp³-hybridized carbons (Fsp3) is 0.667. The molecule has 0 amide bonds. The molecule has 0 radical (unpaired) electrons. The Balaban J connectivity index is 1.82. The minimum atomic E-state index is -0.145. The summed E-state index contributed by atoms with van der Waals surface area (Å²) in [5.41, 5.74) is 1.23. The molecule has 1 fully saturated rings. The lowest BCUT2D eigenvalue weighted by Crippen LogP contribution is -2.34. The molecule has 1 nitrogen and oxygen atoms in total. The Labute approximate surface area is 133 Å². The highest BCUT2D eigenvalue weighted by Crippen LogP contribution is 2.28. The molecule has 0 spiro atoms. The molecule has 3 heteroatoms. The summed E-state index contributed by atoms with van der Waals surface area (Å²) < 4.78 is 13.0. The van der Waals surface area contributed by atoms with Gasteiger partial charge in [-0.1, -0.05) is 38.3 Å². The SMILES string of the molecule is CCCNC(CSC1CCCCC1)Cc1ccc(F)cc1. The van der Waals surface area contributed by atoms with E-state index in [0.29, 0.717) is 6.04 Å². The lowest BCUT2D eigenvalue weighted by atomic mass is 10.0. The second kappa shape index (κ2) is 9.47. The van der Waals surface area contributed by atoms with Crippen molar-refractivity contribution in [2.24, 2.45) is 0 Å². The zero-order chi connectivity index (χ0) is 14.9. The Hall–Kier alpha value is -0.540. The van der Waals surface area contributed by atoms with E-state index in [-0.39, 0.29) is 5.82 Å². The maximum absolute atomic E-state index is 13.0. The van der Waals surface area contributed by atoms with Gasteiger partial charge in [0.25, 0.3) is 0 Å². The van der Waals surface area contributed by atoms with Crippen molar-refractivity contribution in [2.75, 3.05) is 12.3 Å². The van der Waals surface area contributed by atoms with Gasteiger partial charge in [-0.2, -0.15) is 11.8 Å². The number of hydrogen-bond donors (Lipinski definition) is 1. The molecule has 0 bridgehead atoms. The zero-order valence-corrected chi connectivity index (χ0v) is 13.9. The maximum atomic E-state index is 13.0. The molecular weight excluding hydrogens is 281 g/mol. The zero-order valence-electron chi connectivity index (χ0n) is 13.1. The second-order valence-electron chi connectivity index (χ2n) is 6.07. The molecule has 1 aromatic carbocycles. The second-order valence-corrected chi connectivity index (χ2v) is 7.41. The van der Waals surface area contributed by atoms with Crippen molar-refractivity contribution < 1.29 is 4.39 Å². The van der Waals surface area contributed by atoms with Crippen molar-refractivity contribution in [2.45, 2.75) is 63.2 Å². The average molecular weight is 309 g/mol. The van der Waals surface area contributed by atoms with Crippen LogP contribution in [0.2, 0.25) is 0 Å². The number of halogens is 1. The molecule has 1 aliphatic rings. The average Bonchev–Trinajstić information content (AvgIpc) is 2.53. The van der Waals surface area contributed by atoms with E-state index in [0.717, 1.165) is 24.6 Å². The monoisotopic (exact) mass is 309 g/mol. The van der Waals surface area contributed by atoms with Crippen LogP contribution < -0.4 is 5.32 Å². The van der Waals surface area contributed by atoms with Crippen molar-refractivity contribution >= 4 is 11.8 Å². The van der Waals surface area contributed by atoms with Crippen LogP contribution in [0.4, 0.5) is 4.39 Å². The largest absolute Gasteiger partial charge is 0.313 e. The Morgan fingerprint density at radius 2 is 1.90 bits per heavy atom. The van der Waals surface area contributed by atoms with E-state index in [1.54, 1.807) is 12.1 Å². The standard InChI is InChI=1S/C18H28FNS/c1-2-12-20-17(13-15-8-10-16(19)11-9-15)14-21-18-6-4-3-5-7-18/h8-11,17-18,20H,2-7,12-14H2,1H3. The van der Waals surface area contributed by atoms with Crippen molar-refractivity contribution in [1.82, 2.24) is 5.32 Å². The molecule has 1 saturated carbocycles. The Kier molecular flexibility index (Phi) is 7.59. The third-order valence-electron chi connectivity index (χ3n) is 4.16. The molecular formula is C18H28FNS. The Morgan fingerprint density at radius 3 is 2.57 bits per heavy atom. The lowest BCUT2D eigenvalue weighted by Gasteiger charge is -2.24. The van der Waals surface area contributed by atoms with Crippen molar-refractivity contribution in [3.8, 4) is 0 Å². The molecule has 0 saturated heterocycles. The Bertz CT molecular complexity index is 387. The van der Waals surface area contributed by atoms with E-state index in [1.165, 1.54) is 43.4 Å². The lowest BCUT2D eigenvalue weighted by molar-refractivity contribution is 0.511. The molecule has 118 valence electrons. The predicted octanol–water partition coefficient (Wildman–Crippen LogP) is 4.80. The molecule has 1 unspecified atom stereocenters. The van der Waals surface area contributed by atoms with Crippen LogP contribution >= 0.6 is 11.8 Å². The highest BCUT2D eigenvalue weighted by Gasteiger charge is 2.16. The number of benzene rings is 1. The van der Waals surface area contributed by atoms with Gasteiger partial charge in [-0.25, -0.2) is 4.39 Å². The van der Waals surface area contributed by atoms with Gasteiger partial charge in [-0.05, 0) is 49.9 Å². The highest BCUT2D eigenvalue weighted by atomic mass is 32.2. The smallest absolute Gasteiger partial charge is 0.123 e. The van der Waals surface area contributed by atoms with Gasteiger partial charge in [-0.15, -0.1) is 0 Å². The molecule has 0 aromatic heterocycles. The van der Waals surface area contributed by atoms with Gasteiger partial charge in [-0.3, -0.25) is 0 Å². The summed E-state index contributed by atoms with van der Waals surface area (Å²) in [5.74, 6) is 1.02. The fourth-order valence-corrected chi connectivity index (χ4v) is 4.33. The predicted molar refractivity (Wildman–Crippen MR) is 91.5 cm³/mol. The van der Waals surface area contributed by atoms with Crippen LogP contribution in [0.1, 0.15) is 51.0 Å². The Morgan fingerprint density at radius 1 is 1.19 bits per heavy atom. The van der Waals surface area contributed by atoms with E-state index >= 15 is 0 Å². The number of rotatable bonds is 8. The fourth-order valence-electron chi connectivity index (χ4n) is 2.93. The summed E-state index contributed by atoms with van der Waals surface area (Å²) in [5, 5.41) is 4.52. The van der Waals surface area contributed by atoms with Gasteiger partial charge in [0.1, 0.15) is 5.82 Å². The van der Waals surface area contributed by atoms with Crippen LogP contribution in [0.5, 0.6) is 0 Å². The number of nitrogens with one attached hydrogen (secondary N) is 1. The van der Waals surface area contributed by atoms with E-state index in [9.17, 15) is 4.39 Å². The van der Waals surface area contributed by atoms with E-state index in [1.807, 2.05) is 12.1 Å². The van der Waals surface area contributed by atoms with Gasteiger partial charge in [0.15, 0.2) is 0 Å². The number of hydrogen-bond acceptors (Lipinski definition) is 2.